The number of imide groups is 1. The smallest absolute Gasteiger partial charge is 0.305 e. The number of halogens is 1. The van der Waals surface area contributed by atoms with E-state index in [0.29, 0.717) is 29.3 Å². The molecule has 0 radical (unpaired) electrons. The van der Waals surface area contributed by atoms with Crippen LogP contribution in [0.5, 0.6) is 11.5 Å². The van der Waals surface area contributed by atoms with Crippen LogP contribution in [0.15, 0.2) is 81.4 Å². The first-order valence-electron chi connectivity index (χ1n) is 15.7. The number of hydrogen-bond acceptors (Lipinski definition) is 10. The summed E-state index contributed by atoms with van der Waals surface area (Å²) in [6.07, 6.45) is 0.709. The van der Waals surface area contributed by atoms with Gasteiger partial charge in [0.15, 0.2) is 18.1 Å². The summed E-state index contributed by atoms with van der Waals surface area (Å²) < 4.78 is 48.2. The van der Waals surface area contributed by atoms with E-state index in [9.17, 15) is 32.0 Å². The van der Waals surface area contributed by atoms with Gasteiger partial charge in [0, 0.05) is 21.7 Å². The van der Waals surface area contributed by atoms with Gasteiger partial charge in [0.2, 0.25) is 21.8 Å². The minimum absolute atomic E-state index is 0.0291. The number of carbonyl (C=O) groups excluding carboxylic acids is 3. The molecule has 12 nitrogen and oxygen atoms in total. The molecule has 1 aromatic heterocycles. The van der Waals surface area contributed by atoms with Gasteiger partial charge >= 0.3 is 4.87 Å². The number of nitrogens with zero attached hydrogens (tertiary/aromatic N) is 1. The van der Waals surface area contributed by atoms with Gasteiger partial charge in [-0.05, 0) is 90.4 Å². The summed E-state index contributed by atoms with van der Waals surface area (Å²) in [5, 5.41) is 8.50. The summed E-state index contributed by atoms with van der Waals surface area (Å²) in [4.78, 5) is 57.8. The molecule has 1 saturated heterocycles. The molecule has 7 atom stereocenters. The van der Waals surface area contributed by atoms with Gasteiger partial charge in [-0.25, -0.2) is 17.9 Å². The predicted molar refractivity (Wildman–Crippen MR) is 182 cm³/mol. The Morgan fingerprint density at radius 1 is 1.00 bits per heavy atom. The lowest BCUT2D eigenvalue weighted by molar-refractivity contribution is -0.123. The molecule has 3 aromatic carbocycles. The van der Waals surface area contributed by atoms with E-state index in [1.54, 1.807) is 17.8 Å². The van der Waals surface area contributed by atoms with Gasteiger partial charge in [0.05, 0.1) is 34.6 Å². The maximum atomic E-state index is 13.9. The molecule has 8 rings (SSSR count). The van der Waals surface area contributed by atoms with Crippen LogP contribution in [0, 0.1) is 35.4 Å². The molecule has 16 heteroatoms. The van der Waals surface area contributed by atoms with E-state index < -0.39 is 33.6 Å². The average molecular weight is 737 g/mol. The number of rotatable bonds is 8. The summed E-state index contributed by atoms with van der Waals surface area (Å²) >= 11 is 2.71. The molecule has 2 aliphatic heterocycles. The van der Waals surface area contributed by atoms with Crippen LogP contribution in [0.4, 0.5) is 15.8 Å². The van der Waals surface area contributed by atoms with Crippen LogP contribution in [0.3, 0.4) is 0 Å². The second-order valence-electron chi connectivity index (χ2n) is 12.8. The highest BCUT2D eigenvalue weighted by atomic mass is 32.2. The quantitative estimate of drug-likeness (QED) is 0.226. The maximum absolute atomic E-state index is 13.9. The highest BCUT2D eigenvalue weighted by Gasteiger charge is 2.69. The zero-order valence-corrected chi connectivity index (χ0v) is 28.6. The molecule has 258 valence electrons. The van der Waals surface area contributed by atoms with Gasteiger partial charge in [0.1, 0.15) is 5.82 Å². The number of primary sulfonamides is 1. The molecule has 3 heterocycles. The second-order valence-corrected chi connectivity index (χ2v) is 16.5. The van der Waals surface area contributed by atoms with Crippen molar-refractivity contribution in [1.82, 2.24) is 4.98 Å². The SMILES string of the molecule is COc1cc([C@H]2c3sc(=O)[nH]c3SC3C4CC(C5C(=O)N(c6ccc(F)cc6)C(=O)C45)C32)ccc1OCC(=O)Nc1ccc(S(N)(=O)=O)cc1. The Labute approximate surface area is 293 Å². The number of nitrogens with one attached hydrogen (secondary N) is 2. The summed E-state index contributed by atoms with van der Waals surface area (Å²) in [7, 11) is -2.39. The van der Waals surface area contributed by atoms with Crippen LogP contribution < -0.4 is 29.7 Å². The van der Waals surface area contributed by atoms with Crippen LogP contribution >= 0.6 is 23.1 Å². The lowest BCUT2D eigenvalue weighted by atomic mass is 9.68. The summed E-state index contributed by atoms with van der Waals surface area (Å²) in [6, 6.07) is 16.2. The van der Waals surface area contributed by atoms with Crippen molar-refractivity contribution in [3.8, 4) is 11.5 Å². The highest BCUT2D eigenvalue weighted by molar-refractivity contribution is 8.00. The van der Waals surface area contributed by atoms with E-state index in [0.717, 1.165) is 26.8 Å². The van der Waals surface area contributed by atoms with Crippen molar-refractivity contribution in [2.45, 2.75) is 27.5 Å². The van der Waals surface area contributed by atoms with Gasteiger partial charge < -0.3 is 19.8 Å². The van der Waals surface area contributed by atoms with E-state index in [1.165, 1.54) is 60.5 Å². The third-order valence-electron chi connectivity index (χ3n) is 10.2. The molecule has 2 saturated carbocycles. The van der Waals surface area contributed by atoms with Gasteiger partial charge in [-0.3, -0.25) is 24.1 Å². The number of benzene rings is 3. The van der Waals surface area contributed by atoms with Crippen molar-refractivity contribution in [3.63, 3.8) is 0 Å². The number of anilines is 2. The van der Waals surface area contributed by atoms with Crippen molar-refractivity contribution in [2.75, 3.05) is 23.9 Å². The number of ether oxygens (including phenoxy) is 2. The average Bonchev–Trinajstić information content (AvgIpc) is 3.83. The largest absolute Gasteiger partial charge is 0.493 e. The molecule has 4 aliphatic rings. The van der Waals surface area contributed by atoms with Crippen molar-refractivity contribution in [1.29, 1.82) is 0 Å². The van der Waals surface area contributed by atoms with Gasteiger partial charge in [-0.2, -0.15) is 0 Å². The maximum Gasteiger partial charge on any atom is 0.305 e. The normalized spacial score (nSPS) is 26.4. The Morgan fingerprint density at radius 2 is 1.70 bits per heavy atom. The molecule has 4 N–H and O–H groups in total. The second kappa shape index (κ2) is 12.1. The number of hydrogen-bond donors (Lipinski definition) is 3. The third-order valence-corrected chi connectivity index (χ3v) is 13.7. The van der Waals surface area contributed by atoms with Crippen LogP contribution in [-0.4, -0.2) is 50.1 Å². The fourth-order valence-corrected chi connectivity index (χ4v) is 11.7. The molecule has 4 aromatic rings. The number of aromatic amines is 1. The molecule has 3 fully saturated rings. The number of aromatic nitrogens is 1. The first kappa shape index (κ1) is 32.7. The number of carbonyl (C=O) groups is 3. The molecular weight excluding hydrogens is 708 g/mol. The van der Waals surface area contributed by atoms with E-state index in [2.05, 4.69) is 10.3 Å². The molecule has 6 unspecified atom stereocenters. The lowest BCUT2D eigenvalue weighted by Gasteiger charge is -2.43. The first-order valence-corrected chi connectivity index (χ1v) is 18.9. The van der Waals surface area contributed by atoms with Gasteiger partial charge in [0.25, 0.3) is 5.91 Å². The van der Waals surface area contributed by atoms with Crippen molar-refractivity contribution >= 4 is 62.2 Å². The van der Waals surface area contributed by atoms with E-state index >= 15 is 0 Å². The van der Waals surface area contributed by atoms with Crippen molar-refractivity contribution in [3.05, 3.63) is 92.7 Å². The number of H-pyrrole nitrogens is 1. The Balaban J connectivity index is 1.06. The number of thiazole rings is 1. The van der Waals surface area contributed by atoms with Gasteiger partial charge in [-0.15, -0.1) is 11.8 Å². The Hall–Kier alpha value is -4.51. The minimum atomic E-state index is -3.87. The van der Waals surface area contributed by atoms with Crippen molar-refractivity contribution < 1.29 is 36.7 Å². The van der Waals surface area contributed by atoms with E-state index in [4.69, 9.17) is 14.6 Å². The number of fused-ring (bicyclic) bond motifs is 9. The Bertz CT molecular complexity index is 2220. The van der Waals surface area contributed by atoms with Gasteiger partial charge in [-0.1, -0.05) is 17.4 Å². The highest BCUT2D eigenvalue weighted by Crippen LogP contribution is 2.68. The minimum Gasteiger partial charge on any atom is -0.493 e. The number of sulfonamides is 1. The summed E-state index contributed by atoms with van der Waals surface area (Å²) in [5.41, 5.74) is 1.56. The molecule has 2 bridgehead atoms. The standard InChI is InChI=1S/C34H29FN4O8S3/c1-46-23-12-15(2-11-22(23)47-14-24(40)37-17-5-9-19(10-6-17)50(36,44)45)25-26-20-13-21(29(26)48-31-30(25)49-34(43)38-31)28-27(20)32(41)39(33(28)42)18-7-3-16(35)4-8-18/h2-12,20-21,25-29H,13-14H2,1H3,(H,37,40)(H,38,43)(H2,36,44,45)/t20?,21?,25-,26?,27?,28?,29?/m1/s1. The molecule has 0 spiro atoms. The van der Waals surface area contributed by atoms with E-state index in [-0.39, 0.29) is 57.1 Å². The summed E-state index contributed by atoms with van der Waals surface area (Å²) in [5.74, 6) is -2.34. The Kier molecular flexibility index (Phi) is 7.89. The number of amides is 3. The Morgan fingerprint density at radius 3 is 2.38 bits per heavy atom. The summed E-state index contributed by atoms with van der Waals surface area (Å²) in [6.45, 7) is -0.367. The molecular formula is C34H29FN4O8S3. The number of methoxy groups -OCH3 is 1. The fraction of sp³-hybridized carbons (Fsp3) is 0.294. The van der Waals surface area contributed by atoms with Crippen molar-refractivity contribution in [2.24, 2.45) is 34.7 Å². The molecule has 50 heavy (non-hydrogen) atoms. The van der Waals surface area contributed by atoms with Crippen LogP contribution in [0.1, 0.15) is 22.8 Å². The first-order chi connectivity index (χ1) is 23.9. The zero-order chi connectivity index (χ0) is 35.1. The molecule has 3 amide bonds. The zero-order valence-electron chi connectivity index (χ0n) is 26.2. The third kappa shape index (κ3) is 5.32. The monoisotopic (exact) mass is 736 g/mol. The topological polar surface area (TPSA) is 178 Å². The number of thioether (sulfide) groups is 1. The molecule has 2 aliphatic carbocycles. The van der Waals surface area contributed by atoms with Crippen LogP contribution in [-0.2, 0) is 24.4 Å². The number of nitrogens with two attached hydrogens (primary N) is 1. The van der Waals surface area contributed by atoms with Crippen LogP contribution in [0.2, 0.25) is 0 Å². The van der Waals surface area contributed by atoms with Crippen LogP contribution in [0.25, 0.3) is 0 Å². The predicted octanol–water partition coefficient (Wildman–Crippen LogP) is 3.93. The fourth-order valence-electron chi connectivity index (χ4n) is 8.30. The van der Waals surface area contributed by atoms with E-state index in [1.807, 2.05) is 12.1 Å². The lowest BCUT2D eigenvalue weighted by Crippen LogP contribution is -2.42.